The Morgan fingerprint density at radius 2 is 2.04 bits per heavy atom. The predicted octanol–water partition coefficient (Wildman–Crippen LogP) is 3.95. The molecule has 0 spiro atoms. The summed E-state index contributed by atoms with van der Waals surface area (Å²) < 4.78 is 2.00. The first-order valence-electron chi connectivity index (χ1n) is 8.62. The molecule has 0 radical (unpaired) electrons. The Bertz CT molecular complexity index is 918. The third-order valence-electron chi connectivity index (χ3n) is 4.81. The molecule has 4 nitrogen and oxygen atoms in total. The highest BCUT2D eigenvalue weighted by molar-refractivity contribution is 7.98. The van der Waals surface area contributed by atoms with Crippen molar-refractivity contribution in [1.82, 2.24) is 14.9 Å². The molecule has 25 heavy (non-hydrogen) atoms. The fourth-order valence-corrected chi connectivity index (χ4v) is 4.22. The van der Waals surface area contributed by atoms with Crippen LogP contribution < -0.4 is 5.32 Å². The van der Waals surface area contributed by atoms with Gasteiger partial charge in [0.05, 0.1) is 17.1 Å². The van der Waals surface area contributed by atoms with Crippen LogP contribution in [0.2, 0.25) is 0 Å². The number of rotatable bonds is 4. The van der Waals surface area contributed by atoms with Crippen molar-refractivity contribution in [3.63, 3.8) is 0 Å². The molecule has 1 heterocycles. The Kier molecular flexibility index (Phi) is 4.49. The van der Waals surface area contributed by atoms with E-state index in [4.69, 9.17) is 0 Å². The van der Waals surface area contributed by atoms with Crippen molar-refractivity contribution in [2.45, 2.75) is 37.0 Å². The van der Waals surface area contributed by atoms with Gasteiger partial charge in [0.1, 0.15) is 6.54 Å². The van der Waals surface area contributed by atoms with Crippen LogP contribution >= 0.6 is 11.8 Å². The number of amides is 1. The minimum absolute atomic E-state index is 0.0418. The lowest BCUT2D eigenvalue weighted by Crippen LogP contribution is -2.33. The molecule has 128 valence electrons. The van der Waals surface area contributed by atoms with E-state index in [-0.39, 0.29) is 11.9 Å². The summed E-state index contributed by atoms with van der Waals surface area (Å²) in [5, 5.41) is 4.11. The van der Waals surface area contributed by atoms with Crippen LogP contribution in [0.3, 0.4) is 0 Å². The summed E-state index contributed by atoms with van der Waals surface area (Å²) in [7, 11) is 0. The zero-order valence-corrected chi connectivity index (χ0v) is 15.1. The van der Waals surface area contributed by atoms with Gasteiger partial charge in [0, 0.05) is 0 Å². The Morgan fingerprint density at radius 3 is 2.92 bits per heavy atom. The van der Waals surface area contributed by atoms with Crippen LogP contribution in [0.5, 0.6) is 0 Å². The molecule has 0 saturated carbocycles. The highest BCUT2D eigenvalue weighted by Gasteiger charge is 2.22. The molecule has 4 rings (SSSR count). The average molecular weight is 351 g/mol. The maximum absolute atomic E-state index is 12.7. The lowest BCUT2D eigenvalue weighted by Gasteiger charge is -2.26. The second-order valence-electron chi connectivity index (χ2n) is 6.38. The van der Waals surface area contributed by atoms with Gasteiger partial charge >= 0.3 is 0 Å². The minimum atomic E-state index is 0.0418. The molecule has 0 fully saturated rings. The largest absolute Gasteiger partial charge is 0.348 e. The molecule has 1 atom stereocenters. The molecule has 1 amide bonds. The number of nitrogens with zero attached hydrogens (tertiary/aromatic N) is 2. The van der Waals surface area contributed by atoms with E-state index in [2.05, 4.69) is 34.6 Å². The number of benzene rings is 2. The average Bonchev–Trinajstić information content (AvgIpc) is 3.00. The van der Waals surface area contributed by atoms with Crippen molar-refractivity contribution in [1.29, 1.82) is 0 Å². The van der Waals surface area contributed by atoms with Gasteiger partial charge in [-0.2, -0.15) is 0 Å². The summed E-state index contributed by atoms with van der Waals surface area (Å²) in [5.41, 5.74) is 4.56. The van der Waals surface area contributed by atoms with E-state index in [9.17, 15) is 4.79 Å². The molecule has 1 aliphatic rings. The van der Waals surface area contributed by atoms with Crippen LogP contribution in [0.1, 0.15) is 30.0 Å². The van der Waals surface area contributed by atoms with Gasteiger partial charge in [0.2, 0.25) is 5.91 Å². The standard InChI is InChI=1S/C20H21N3OS/c1-25-20-22-17-10-4-5-12-18(17)23(20)13-19(24)21-16-11-6-8-14-7-2-3-9-15(14)16/h2-5,7,9-10,12,16H,6,8,11,13H2,1H3,(H,21,24)/t16-/m0/s1. The SMILES string of the molecule is CSc1nc2ccccc2n1CC(=O)N[C@H]1CCCc2ccccc21. The van der Waals surface area contributed by atoms with E-state index < -0.39 is 0 Å². The van der Waals surface area contributed by atoms with Crippen LogP contribution in [0.25, 0.3) is 11.0 Å². The maximum Gasteiger partial charge on any atom is 0.240 e. The van der Waals surface area contributed by atoms with Crippen LogP contribution in [0.4, 0.5) is 0 Å². The lowest BCUT2D eigenvalue weighted by molar-refractivity contribution is -0.122. The number of nitrogens with one attached hydrogen (secondary N) is 1. The minimum Gasteiger partial charge on any atom is -0.348 e. The lowest BCUT2D eigenvalue weighted by atomic mass is 9.88. The Balaban J connectivity index is 1.56. The summed E-state index contributed by atoms with van der Waals surface area (Å²) in [5.74, 6) is 0.0418. The smallest absolute Gasteiger partial charge is 0.240 e. The highest BCUT2D eigenvalue weighted by Crippen LogP contribution is 2.29. The molecule has 1 aromatic heterocycles. The molecule has 0 aliphatic heterocycles. The molecule has 0 bridgehead atoms. The zero-order chi connectivity index (χ0) is 17.2. The van der Waals surface area contributed by atoms with Gasteiger partial charge in [-0.3, -0.25) is 4.79 Å². The number of fused-ring (bicyclic) bond motifs is 2. The monoisotopic (exact) mass is 351 g/mol. The predicted molar refractivity (Wildman–Crippen MR) is 102 cm³/mol. The Labute approximate surface area is 151 Å². The normalized spacial score (nSPS) is 16.6. The van der Waals surface area contributed by atoms with Gasteiger partial charge < -0.3 is 9.88 Å². The number of hydrogen-bond donors (Lipinski definition) is 1. The van der Waals surface area contributed by atoms with Gasteiger partial charge in [-0.1, -0.05) is 48.2 Å². The zero-order valence-electron chi connectivity index (χ0n) is 14.2. The second kappa shape index (κ2) is 6.92. The molecule has 3 aromatic rings. The maximum atomic E-state index is 12.7. The van der Waals surface area contributed by atoms with Gasteiger partial charge in [-0.05, 0) is 48.8 Å². The highest BCUT2D eigenvalue weighted by atomic mass is 32.2. The van der Waals surface area contributed by atoms with Crippen LogP contribution in [-0.4, -0.2) is 21.7 Å². The molecule has 0 unspecified atom stereocenters. The fraction of sp³-hybridized carbons (Fsp3) is 0.300. The number of para-hydroxylation sites is 2. The molecule has 5 heteroatoms. The molecule has 1 N–H and O–H groups in total. The second-order valence-corrected chi connectivity index (χ2v) is 7.16. The van der Waals surface area contributed by atoms with E-state index in [1.807, 2.05) is 35.1 Å². The van der Waals surface area contributed by atoms with Gasteiger partial charge in [0.25, 0.3) is 0 Å². The van der Waals surface area contributed by atoms with E-state index >= 15 is 0 Å². The number of aromatic nitrogens is 2. The topological polar surface area (TPSA) is 46.9 Å². The number of thioether (sulfide) groups is 1. The third-order valence-corrected chi connectivity index (χ3v) is 5.49. The summed E-state index contributed by atoms with van der Waals surface area (Å²) in [6.45, 7) is 0.301. The van der Waals surface area contributed by atoms with E-state index in [0.717, 1.165) is 35.5 Å². The Hall–Kier alpha value is -2.27. The van der Waals surface area contributed by atoms with Crippen molar-refractivity contribution in [3.05, 3.63) is 59.7 Å². The van der Waals surface area contributed by atoms with Crippen molar-refractivity contribution < 1.29 is 4.79 Å². The number of carbonyl (C=O) groups excluding carboxylic acids is 1. The van der Waals surface area contributed by atoms with Crippen molar-refractivity contribution in [2.75, 3.05) is 6.26 Å². The summed E-state index contributed by atoms with van der Waals surface area (Å²) in [6, 6.07) is 16.5. The van der Waals surface area contributed by atoms with E-state index in [1.165, 1.54) is 11.1 Å². The summed E-state index contributed by atoms with van der Waals surface area (Å²) in [6.07, 6.45) is 5.22. The fourth-order valence-electron chi connectivity index (χ4n) is 3.65. The quantitative estimate of drug-likeness (QED) is 0.724. The van der Waals surface area contributed by atoms with Crippen LogP contribution in [0, 0.1) is 0 Å². The first-order chi connectivity index (χ1) is 12.3. The molecular weight excluding hydrogens is 330 g/mol. The summed E-state index contributed by atoms with van der Waals surface area (Å²) >= 11 is 1.57. The number of carbonyl (C=O) groups is 1. The van der Waals surface area contributed by atoms with Gasteiger partial charge in [0.15, 0.2) is 5.16 Å². The molecule has 1 aliphatic carbocycles. The molecule has 2 aromatic carbocycles. The van der Waals surface area contributed by atoms with Crippen LogP contribution in [0.15, 0.2) is 53.7 Å². The number of aryl methyl sites for hydroxylation is 1. The van der Waals surface area contributed by atoms with Crippen molar-refractivity contribution in [3.8, 4) is 0 Å². The van der Waals surface area contributed by atoms with Gasteiger partial charge in [-0.15, -0.1) is 0 Å². The van der Waals surface area contributed by atoms with Crippen molar-refractivity contribution >= 4 is 28.7 Å². The van der Waals surface area contributed by atoms with E-state index in [1.54, 1.807) is 11.8 Å². The van der Waals surface area contributed by atoms with Crippen molar-refractivity contribution in [2.24, 2.45) is 0 Å². The van der Waals surface area contributed by atoms with Gasteiger partial charge in [-0.25, -0.2) is 4.98 Å². The number of imidazole rings is 1. The van der Waals surface area contributed by atoms with E-state index in [0.29, 0.717) is 6.54 Å². The molecular formula is C20H21N3OS. The van der Waals surface area contributed by atoms with Crippen LogP contribution in [-0.2, 0) is 17.8 Å². The third kappa shape index (κ3) is 3.16. The molecule has 0 saturated heterocycles. The first kappa shape index (κ1) is 16.2. The number of hydrogen-bond acceptors (Lipinski definition) is 3. The summed E-state index contributed by atoms with van der Waals surface area (Å²) in [4.78, 5) is 17.3. The first-order valence-corrected chi connectivity index (χ1v) is 9.85. The Morgan fingerprint density at radius 1 is 1.24 bits per heavy atom.